The minimum Gasteiger partial charge on any atom is -0.756 e. The van der Waals surface area contributed by atoms with Gasteiger partial charge in [0.25, 0.3) is 7.82 Å². The van der Waals surface area contributed by atoms with Gasteiger partial charge in [-0.15, -0.1) is 0 Å². The van der Waals surface area contributed by atoms with Gasteiger partial charge in [0, 0.05) is 0 Å². The molecule has 0 aromatic carbocycles. The van der Waals surface area contributed by atoms with Gasteiger partial charge in [0.05, 0.1) is 19.5 Å². The van der Waals surface area contributed by atoms with Crippen molar-refractivity contribution < 1.29 is 96.9 Å². The first-order valence-corrected chi connectivity index (χ1v) is 12.8. The Hall–Kier alpha value is -0.960. The topological polar surface area (TPSA) is 302 Å². The number of hydrogen-bond donors (Lipinski definition) is 7. The van der Waals surface area contributed by atoms with Crippen LogP contribution in [0.25, 0.3) is 11.2 Å². The van der Waals surface area contributed by atoms with E-state index in [-0.39, 0.29) is 52.8 Å². The summed E-state index contributed by atoms with van der Waals surface area (Å²) in [5, 5.41) is 48.6. The fourth-order valence-corrected chi connectivity index (χ4v) is 5.13. The second-order valence-electron chi connectivity index (χ2n) is 7.40. The van der Waals surface area contributed by atoms with E-state index in [9.17, 15) is 44.1 Å². The average Bonchev–Trinajstić information content (AvgIpc) is 3.36. The number of aromatic nitrogens is 4. The predicted molar refractivity (Wildman–Crippen MR) is 110 cm³/mol. The molecule has 2 aromatic rings. The van der Waals surface area contributed by atoms with Crippen LogP contribution in [0.1, 0.15) is 6.23 Å². The third-order valence-corrected chi connectivity index (χ3v) is 7.46. The SMILES string of the molecule is Nc1ncnc2c1ncn2C1OC(COP(=O)(O)OP(=O)([O-])OCC(O)C(O)C(O)C=O)C(O)C1O.[Na+]. The summed E-state index contributed by atoms with van der Waals surface area (Å²) in [6, 6.07) is 0. The molecule has 0 amide bonds. The van der Waals surface area contributed by atoms with Crippen LogP contribution in [0, 0.1) is 0 Å². The van der Waals surface area contributed by atoms with Gasteiger partial charge >= 0.3 is 37.4 Å². The van der Waals surface area contributed by atoms with Crippen molar-refractivity contribution in [2.75, 3.05) is 18.9 Å². The zero-order valence-corrected chi connectivity index (χ0v) is 22.7. The molecule has 0 aliphatic carbocycles. The first kappa shape index (κ1) is 32.3. The quantitative estimate of drug-likeness (QED) is 0.0695. The molecule has 1 aliphatic rings. The average molecular weight is 581 g/mol. The van der Waals surface area contributed by atoms with Gasteiger partial charge in [0.2, 0.25) is 0 Å². The van der Waals surface area contributed by atoms with Gasteiger partial charge in [0.15, 0.2) is 24.0 Å². The van der Waals surface area contributed by atoms with E-state index < -0.39 is 71.7 Å². The van der Waals surface area contributed by atoms with Crippen LogP contribution in [0.3, 0.4) is 0 Å². The van der Waals surface area contributed by atoms with E-state index in [4.69, 9.17) is 15.6 Å². The molecule has 22 heteroatoms. The third-order valence-electron chi connectivity index (χ3n) is 4.89. The van der Waals surface area contributed by atoms with Crippen molar-refractivity contribution in [2.45, 2.75) is 42.9 Å². The molecule has 37 heavy (non-hydrogen) atoms. The van der Waals surface area contributed by atoms with Crippen LogP contribution < -0.4 is 40.2 Å². The molecule has 1 aliphatic heterocycles. The Kier molecular flexibility index (Phi) is 11.3. The molecule has 8 N–H and O–H groups in total. The van der Waals surface area contributed by atoms with Crippen LogP contribution in [-0.2, 0) is 32.0 Å². The van der Waals surface area contributed by atoms with Crippen LogP contribution >= 0.6 is 15.6 Å². The van der Waals surface area contributed by atoms with Gasteiger partial charge in [-0.2, -0.15) is 0 Å². The van der Waals surface area contributed by atoms with E-state index >= 15 is 0 Å². The van der Waals surface area contributed by atoms with E-state index in [0.29, 0.717) is 0 Å². The van der Waals surface area contributed by atoms with Gasteiger partial charge in [-0.05, 0) is 0 Å². The van der Waals surface area contributed by atoms with Crippen molar-refractivity contribution >= 4 is 38.9 Å². The van der Waals surface area contributed by atoms with E-state index in [1.165, 1.54) is 10.9 Å². The van der Waals surface area contributed by atoms with Crippen LogP contribution in [0.5, 0.6) is 0 Å². The Labute approximate surface area is 229 Å². The largest absolute Gasteiger partial charge is 1.00 e. The minimum atomic E-state index is -5.64. The molecule has 0 spiro atoms. The molecule has 3 heterocycles. The molecule has 0 saturated carbocycles. The number of phosphoric ester groups is 2. The maximum absolute atomic E-state index is 12.0. The number of rotatable bonds is 12. The van der Waals surface area contributed by atoms with Crippen molar-refractivity contribution in [2.24, 2.45) is 0 Å². The zero-order chi connectivity index (χ0) is 26.8. The second-order valence-corrected chi connectivity index (χ2v) is 10.4. The number of nitrogens with two attached hydrogens (primary N) is 1. The summed E-state index contributed by atoms with van der Waals surface area (Å²) in [4.78, 5) is 43.6. The Morgan fingerprint density at radius 3 is 2.51 bits per heavy atom. The molecule has 3 rings (SSSR count). The van der Waals surface area contributed by atoms with Crippen molar-refractivity contribution in [3.05, 3.63) is 12.7 Å². The zero-order valence-electron chi connectivity index (χ0n) is 18.9. The normalized spacial score (nSPS) is 27.5. The molecule has 19 nitrogen and oxygen atoms in total. The van der Waals surface area contributed by atoms with Crippen LogP contribution in [-0.4, -0.2) is 106 Å². The molecule has 202 valence electrons. The van der Waals surface area contributed by atoms with Crippen molar-refractivity contribution in [1.82, 2.24) is 19.5 Å². The summed E-state index contributed by atoms with van der Waals surface area (Å²) in [6.07, 6.45) is -10.1. The third kappa shape index (κ3) is 7.80. The van der Waals surface area contributed by atoms with Gasteiger partial charge in [-0.1, -0.05) is 0 Å². The number of ether oxygens (including phenoxy) is 1. The number of nitrogen functional groups attached to an aromatic ring is 1. The fourth-order valence-electron chi connectivity index (χ4n) is 3.07. The summed E-state index contributed by atoms with van der Waals surface area (Å²) >= 11 is 0. The Balaban J connectivity index is 0.00000481. The monoisotopic (exact) mass is 581 g/mol. The maximum atomic E-state index is 12.0. The molecule has 1 fully saturated rings. The van der Waals surface area contributed by atoms with Crippen LogP contribution in [0.4, 0.5) is 5.82 Å². The molecular formula is C15H22N5NaO14P2. The van der Waals surface area contributed by atoms with Gasteiger partial charge in [-0.25, -0.2) is 23.8 Å². The van der Waals surface area contributed by atoms with E-state index in [0.717, 1.165) is 6.33 Å². The molecular weight excluding hydrogens is 559 g/mol. The number of aldehydes is 1. The summed E-state index contributed by atoms with van der Waals surface area (Å²) < 4.78 is 43.1. The first-order valence-electron chi connectivity index (χ1n) is 9.84. The number of aliphatic hydroxyl groups is 5. The Morgan fingerprint density at radius 1 is 1.19 bits per heavy atom. The number of hydrogen-bond acceptors (Lipinski definition) is 17. The minimum absolute atomic E-state index is 0. The number of phosphoric acid groups is 2. The van der Waals surface area contributed by atoms with Crippen molar-refractivity contribution in [1.29, 1.82) is 0 Å². The number of anilines is 1. The van der Waals surface area contributed by atoms with E-state index in [1.54, 1.807) is 0 Å². The summed E-state index contributed by atoms with van der Waals surface area (Å²) in [5.74, 6) is 0.0382. The standard InChI is InChI=1S/C15H23N5O14P2.Na/c16-13-9-14(18-4-17-13)20(5-19-9)15-12(26)11(25)8(33-15)3-32-36(29,30)34-35(27,28)31-2-7(23)10(24)6(22)1-21;/h1,4-8,10-12,15,22-26H,2-3H2,(H,27,28)(H,29,30)(H2,16,17,18);/q;+1/p-1. The second kappa shape index (κ2) is 12.9. The molecule has 0 bridgehead atoms. The summed E-state index contributed by atoms with van der Waals surface area (Å²) in [5.41, 5.74) is 6.02. The summed E-state index contributed by atoms with van der Waals surface area (Å²) in [6.45, 7) is -2.20. The van der Waals surface area contributed by atoms with Crippen LogP contribution in [0.2, 0.25) is 0 Å². The number of carbonyl (C=O) groups is 1. The summed E-state index contributed by atoms with van der Waals surface area (Å²) in [7, 11) is -11.1. The molecule has 9 unspecified atom stereocenters. The Bertz CT molecular complexity index is 1170. The fraction of sp³-hybridized carbons (Fsp3) is 0.600. The molecule has 2 aromatic heterocycles. The van der Waals surface area contributed by atoms with Crippen molar-refractivity contribution in [3.8, 4) is 0 Å². The number of imidazole rings is 1. The predicted octanol–water partition coefficient (Wildman–Crippen LogP) is -7.07. The van der Waals surface area contributed by atoms with E-state index in [2.05, 4.69) is 28.3 Å². The van der Waals surface area contributed by atoms with Gasteiger partial charge < -0.3 is 55.1 Å². The molecule has 1 saturated heterocycles. The van der Waals surface area contributed by atoms with Gasteiger partial charge in [0.1, 0.15) is 48.5 Å². The molecule has 0 radical (unpaired) electrons. The van der Waals surface area contributed by atoms with Crippen LogP contribution in [0.15, 0.2) is 12.7 Å². The van der Waals surface area contributed by atoms with E-state index in [1.807, 2.05) is 0 Å². The Morgan fingerprint density at radius 2 is 1.86 bits per heavy atom. The smallest absolute Gasteiger partial charge is 0.756 e. The number of carbonyl (C=O) groups excluding carboxylic acids is 1. The number of fused-ring (bicyclic) bond motifs is 1. The maximum Gasteiger partial charge on any atom is 1.00 e. The van der Waals surface area contributed by atoms with Crippen molar-refractivity contribution in [3.63, 3.8) is 0 Å². The number of nitrogens with zero attached hydrogens (tertiary/aromatic N) is 4. The van der Waals surface area contributed by atoms with Gasteiger partial charge in [-0.3, -0.25) is 13.7 Å². The first-order chi connectivity index (χ1) is 16.8. The number of aliphatic hydroxyl groups excluding tert-OH is 5. The molecule has 9 atom stereocenters.